The topological polar surface area (TPSA) is 61.4 Å². The summed E-state index contributed by atoms with van der Waals surface area (Å²) in [5.74, 6) is 0.277. The SMILES string of the molecule is CCCNC(=O)CCCC(=O)N1CCC2CCC(C1)N2.Cl. The number of hydrogen-bond donors (Lipinski definition) is 2. The lowest BCUT2D eigenvalue weighted by molar-refractivity contribution is -0.131. The van der Waals surface area contributed by atoms with E-state index in [2.05, 4.69) is 10.6 Å². The van der Waals surface area contributed by atoms with Gasteiger partial charge in [0.15, 0.2) is 0 Å². The van der Waals surface area contributed by atoms with Crippen LogP contribution >= 0.6 is 12.4 Å². The van der Waals surface area contributed by atoms with Gasteiger partial charge >= 0.3 is 0 Å². The molecular formula is C15H28ClN3O2. The van der Waals surface area contributed by atoms with Gasteiger partial charge in [0.1, 0.15) is 0 Å². The Balaban J connectivity index is 0.00000220. The molecule has 2 bridgehead atoms. The molecule has 0 spiro atoms. The van der Waals surface area contributed by atoms with Gasteiger partial charge in [-0.25, -0.2) is 0 Å². The number of halogens is 1. The van der Waals surface area contributed by atoms with E-state index in [1.807, 2.05) is 11.8 Å². The Morgan fingerprint density at radius 2 is 1.95 bits per heavy atom. The van der Waals surface area contributed by atoms with Gasteiger partial charge in [0.2, 0.25) is 11.8 Å². The van der Waals surface area contributed by atoms with E-state index in [1.54, 1.807) is 0 Å². The maximum atomic E-state index is 12.2. The third-order valence-electron chi connectivity index (χ3n) is 4.24. The summed E-state index contributed by atoms with van der Waals surface area (Å²) in [5, 5.41) is 6.42. The molecule has 2 rings (SSSR count). The van der Waals surface area contributed by atoms with Crippen LogP contribution in [0.1, 0.15) is 51.9 Å². The van der Waals surface area contributed by atoms with Crippen molar-refractivity contribution in [3.05, 3.63) is 0 Å². The quantitative estimate of drug-likeness (QED) is 0.779. The second-order valence-electron chi connectivity index (χ2n) is 5.97. The molecule has 2 amide bonds. The van der Waals surface area contributed by atoms with Gasteiger partial charge in [-0.2, -0.15) is 0 Å². The lowest BCUT2D eigenvalue weighted by atomic mass is 10.1. The Morgan fingerprint density at radius 1 is 1.19 bits per heavy atom. The predicted octanol–water partition coefficient (Wildman–Crippen LogP) is 1.46. The average Bonchev–Trinajstić information content (AvgIpc) is 2.75. The van der Waals surface area contributed by atoms with Crippen molar-refractivity contribution in [2.45, 2.75) is 64.0 Å². The first kappa shape index (κ1) is 18.2. The number of nitrogens with zero attached hydrogens (tertiary/aromatic N) is 1. The van der Waals surface area contributed by atoms with Crippen molar-refractivity contribution in [3.8, 4) is 0 Å². The summed E-state index contributed by atoms with van der Waals surface area (Å²) in [6.07, 6.45) is 6.08. The van der Waals surface area contributed by atoms with E-state index in [1.165, 1.54) is 12.8 Å². The molecule has 2 N–H and O–H groups in total. The first-order valence-corrected chi connectivity index (χ1v) is 7.99. The lowest BCUT2D eigenvalue weighted by Crippen LogP contribution is -2.39. The standard InChI is InChI=1S/C15H27N3O2.ClH/c1-2-9-16-14(19)4-3-5-15(20)18-10-8-12-6-7-13(11-18)17-12;/h12-13,17H,2-11H2,1H3,(H,16,19);1H. The van der Waals surface area contributed by atoms with Crippen molar-refractivity contribution >= 4 is 24.2 Å². The molecule has 2 aliphatic heterocycles. The maximum Gasteiger partial charge on any atom is 0.222 e. The van der Waals surface area contributed by atoms with Crippen molar-refractivity contribution < 1.29 is 9.59 Å². The van der Waals surface area contributed by atoms with Crippen LogP contribution in [0.25, 0.3) is 0 Å². The summed E-state index contributed by atoms with van der Waals surface area (Å²) in [6.45, 7) is 4.48. The highest BCUT2D eigenvalue weighted by atomic mass is 35.5. The highest BCUT2D eigenvalue weighted by Crippen LogP contribution is 2.21. The molecule has 0 aromatic carbocycles. The largest absolute Gasteiger partial charge is 0.356 e. The van der Waals surface area contributed by atoms with Crippen LogP contribution in [0.3, 0.4) is 0 Å². The van der Waals surface area contributed by atoms with Crippen LogP contribution in [0.5, 0.6) is 0 Å². The molecule has 2 aliphatic rings. The molecule has 0 aromatic rings. The van der Waals surface area contributed by atoms with Crippen LogP contribution in [-0.4, -0.2) is 48.4 Å². The molecule has 0 aromatic heterocycles. The number of hydrogen-bond acceptors (Lipinski definition) is 3. The first-order chi connectivity index (χ1) is 9.69. The Bertz CT molecular complexity index is 352. The van der Waals surface area contributed by atoms with E-state index >= 15 is 0 Å². The van der Waals surface area contributed by atoms with Crippen molar-refractivity contribution in [2.24, 2.45) is 0 Å². The van der Waals surface area contributed by atoms with E-state index in [4.69, 9.17) is 0 Å². The van der Waals surface area contributed by atoms with E-state index in [9.17, 15) is 9.59 Å². The van der Waals surface area contributed by atoms with Crippen LogP contribution < -0.4 is 10.6 Å². The van der Waals surface area contributed by atoms with Gasteiger partial charge < -0.3 is 15.5 Å². The Morgan fingerprint density at radius 3 is 2.71 bits per heavy atom. The van der Waals surface area contributed by atoms with Crippen molar-refractivity contribution in [3.63, 3.8) is 0 Å². The van der Waals surface area contributed by atoms with Crippen molar-refractivity contribution in [1.29, 1.82) is 0 Å². The Labute approximate surface area is 133 Å². The van der Waals surface area contributed by atoms with Gasteiger partial charge in [-0.1, -0.05) is 6.92 Å². The molecule has 0 saturated carbocycles. The van der Waals surface area contributed by atoms with E-state index in [-0.39, 0.29) is 24.2 Å². The fourth-order valence-electron chi connectivity index (χ4n) is 3.08. The zero-order valence-corrected chi connectivity index (χ0v) is 13.7. The summed E-state index contributed by atoms with van der Waals surface area (Å²) < 4.78 is 0. The van der Waals surface area contributed by atoms with E-state index in [0.29, 0.717) is 31.3 Å². The Hall–Kier alpha value is -0.810. The summed E-state index contributed by atoms with van der Waals surface area (Å²) in [4.78, 5) is 25.6. The minimum absolute atomic E-state index is 0. The van der Waals surface area contributed by atoms with Gasteiger partial charge in [-0.15, -0.1) is 12.4 Å². The number of amides is 2. The molecule has 122 valence electrons. The molecule has 0 radical (unpaired) electrons. The maximum absolute atomic E-state index is 12.2. The summed E-state index contributed by atoms with van der Waals surface area (Å²) >= 11 is 0. The van der Waals surface area contributed by atoms with Gasteiger partial charge in [0.25, 0.3) is 0 Å². The number of carbonyl (C=O) groups excluding carboxylic acids is 2. The highest BCUT2D eigenvalue weighted by molar-refractivity contribution is 5.85. The minimum Gasteiger partial charge on any atom is -0.356 e. The van der Waals surface area contributed by atoms with Crippen LogP contribution in [0.15, 0.2) is 0 Å². The number of fused-ring (bicyclic) bond motifs is 2. The normalized spacial score (nSPS) is 24.1. The number of nitrogens with one attached hydrogen (secondary N) is 2. The molecule has 2 heterocycles. The smallest absolute Gasteiger partial charge is 0.222 e. The molecule has 2 atom stereocenters. The fraction of sp³-hybridized carbons (Fsp3) is 0.867. The van der Waals surface area contributed by atoms with Crippen LogP contribution in [0.2, 0.25) is 0 Å². The molecule has 0 aliphatic carbocycles. The zero-order valence-electron chi connectivity index (χ0n) is 12.9. The lowest BCUT2D eigenvalue weighted by Gasteiger charge is -2.24. The van der Waals surface area contributed by atoms with Crippen LogP contribution in [0, 0.1) is 0 Å². The zero-order chi connectivity index (χ0) is 14.4. The Kier molecular flexibility index (Phi) is 8.04. The van der Waals surface area contributed by atoms with Gasteiger partial charge in [0.05, 0.1) is 0 Å². The summed E-state index contributed by atoms with van der Waals surface area (Å²) in [5.41, 5.74) is 0. The van der Waals surface area contributed by atoms with Crippen molar-refractivity contribution in [1.82, 2.24) is 15.5 Å². The molecule has 2 saturated heterocycles. The number of likely N-dealkylation sites (tertiary alicyclic amines) is 1. The first-order valence-electron chi connectivity index (χ1n) is 7.99. The molecule has 2 unspecified atom stereocenters. The van der Waals surface area contributed by atoms with Crippen LogP contribution in [0.4, 0.5) is 0 Å². The van der Waals surface area contributed by atoms with E-state index < -0.39 is 0 Å². The monoisotopic (exact) mass is 317 g/mol. The molecule has 21 heavy (non-hydrogen) atoms. The third kappa shape index (κ3) is 5.83. The van der Waals surface area contributed by atoms with Crippen LogP contribution in [-0.2, 0) is 9.59 Å². The number of carbonyl (C=O) groups is 2. The van der Waals surface area contributed by atoms with E-state index in [0.717, 1.165) is 32.5 Å². The van der Waals surface area contributed by atoms with Crippen molar-refractivity contribution in [2.75, 3.05) is 19.6 Å². The summed E-state index contributed by atoms with van der Waals surface area (Å²) in [7, 11) is 0. The van der Waals surface area contributed by atoms with Gasteiger partial charge in [0, 0.05) is 44.6 Å². The molecule has 6 heteroatoms. The van der Waals surface area contributed by atoms with Gasteiger partial charge in [-0.05, 0) is 32.1 Å². The highest BCUT2D eigenvalue weighted by Gasteiger charge is 2.30. The second kappa shape index (κ2) is 9.26. The average molecular weight is 318 g/mol. The predicted molar refractivity (Wildman–Crippen MR) is 85.5 cm³/mol. The molecule has 5 nitrogen and oxygen atoms in total. The number of rotatable bonds is 6. The molecular weight excluding hydrogens is 290 g/mol. The minimum atomic E-state index is 0. The van der Waals surface area contributed by atoms with Gasteiger partial charge in [-0.3, -0.25) is 9.59 Å². The third-order valence-corrected chi connectivity index (χ3v) is 4.24. The fourth-order valence-corrected chi connectivity index (χ4v) is 3.08. The molecule has 2 fully saturated rings. The second-order valence-corrected chi connectivity index (χ2v) is 5.97. The summed E-state index contributed by atoms with van der Waals surface area (Å²) in [6, 6.07) is 1.09.